The summed E-state index contributed by atoms with van der Waals surface area (Å²) in [6.07, 6.45) is 2.21. The summed E-state index contributed by atoms with van der Waals surface area (Å²) in [6, 6.07) is 3.62. The Kier molecular flexibility index (Phi) is 5.80. The SMILES string of the molecule is CCCNC(CC(C)C)c1c(C)cc(F)cc1C. The topological polar surface area (TPSA) is 12.0 Å². The standard InChI is InChI=1S/C16H26FN/c1-6-7-18-15(8-11(2)3)16-12(4)9-14(17)10-13(16)5/h9-11,15,18H,6-8H2,1-5H3. The van der Waals surface area contributed by atoms with Gasteiger partial charge in [-0.2, -0.15) is 0 Å². The molecule has 102 valence electrons. The van der Waals surface area contributed by atoms with E-state index in [0.29, 0.717) is 12.0 Å². The summed E-state index contributed by atoms with van der Waals surface area (Å²) >= 11 is 0. The highest BCUT2D eigenvalue weighted by atomic mass is 19.1. The first-order valence-corrected chi connectivity index (χ1v) is 6.95. The fraction of sp³-hybridized carbons (Fsp3) is 0.625. The van der Waals surface area contributed by atoms with Crippen molar-refractivity contribution >= 4 is 0 Å². The Bertz CT molecular complexity index is 362. The van der Waals surface area contributed by atoms with Crippen molar-refractivity contribution in [1.82, 2.24) is 5.32 Å². The van der Waals surface area contributed by atoms with Gasteiger partial charge in [0.15, 0.2) is 0 Å². The first-order valence-electron chi connectivity index (χ1n) is 6.95. The van der Waals surface area contributed by atoms with Crippen LogP contribution in [-0.2, 0) is 0 Å². The lowest BCUT2D eigenvalue weighted by Gasteiger charge is -2.24. The molecule has 1 nitrogen and oxygen atoms in total. The highest BCUT2D eigenvalue weighted by molar-refractivity contribution is 5.37. The minimum absolute atomic E-state index is 0.132. The lowest BCUT2D eigenvalue weighted by molar-refractivity contribution is 0.427. The first-order chi connectivity index (χ1) is 8.45. The Hall–Kier alpha value is -0.890. The number of hydrogen-bond donors (Lipinski definition) is 1. The molecule has 0 aliphatic rings. The summed E-state index contributed by atoms with van der Waals surface area (Å²) in [6.45, 7) is 11.7. The summed E-state index contributed by atoms with van der Waals surface area (Å²) in [5.74, 6) is 0.496. The van der Waals surface area contributed by atoms with Crippen LogP contribution in [0.25, 0.3) is 0 Å². The second-order valence-corrected chi connectivity index (χ2v) is 5.59. The quantitative estimate of drug-likeness (QED) is 0.783. The van der Waals surface area contributed by atoms with Crippen LogP contribution in [0.2, 0.25) is 0 Å². The third kappa shape index (κ3) is 4.09. The largest absolute Gasteiger partial charge is 0.310 e. The molecule has 1 unspecified atom stereocenters. The van der Waals surface area contributed by atoms with Gasteiger partial charge < -0.3 is 5.32 Å². The van der Waals surface area contributed by atoms with Crippen molar-refractivity contribution in [2.45, 2.75) is 53.5 Å². The van der Waals surface area contributed by atoms with Gasteiger partial charge in [0, 0.05) is 6.04 Å². The highest BCUT2D eigenvalue weighted by Crippen LogP contribution is 2.28. The van der Waals surface area contributed by atoms with Crippen LogP contribution < -0.4 is 5.32 Å². The fourth-order valence-electron chi connectivity index (χ4n) is 2.56. The molecule has 0 heterocycles. The van der Waals surface area contributed by atoms with Gasteiger partial charge in [0.05, 0.1) is 0 Å². The Morgan fingerprint density at radius 2 is 1.72 bits per heavy atom. The molecule has 18 heavy (non-hydrogen) atoms. The molecule has 1 atom stereocenters. The molecule has 0 aliphatic heterocycles. The molecular weight excluding hydrogens is 225 g/mol. The normalized spacial score (nSPS) is 13.1. The number of halogens is 1. The molecule has 0 saturated carbocycles. The third-order valence-electron chi connectivity index (χ3n) is 3.25. The van der Waals surface area contributed by atoms with Crippen molar-refractivity contribution in [1.29, 1.82) is 0 Å². The summed E-state index contributed by atoms with van der Waals surface area (Å²) in [7, 11) is 0. The third-order valence-corrected chi connectivity index (χ3v) is 3.25. The molecule has 0 spiro atoms. The van der Waals surface area contributed by atoms with Crippen molar-refractivity contribution < 1.29 is 4.39 Å². The molecule has 0 fully saturated rings. The molecule has 1 aromatic carbocycles. The van der Waals surface area contributed by atoms with Crippen LogP contribution in [0.3, 0.4) is 0 Å². The van der Waals surface area contributed by atoms with Gasteiger partial charge in [0.1, 0.15) is 5.82 Å². The van der Waals surface area contributed by atoms with Crippen LogP contribution in [0.4, 0.5) is 4.39 Å². The van der Waals surface area contributed by atoms with Gasteiger partial charge in [-0.1, -0.05) is 20.8 Å². The molecule has 0 saturated heterocycles. The molecule has 0 radical (unpaired) electrons. The van der Waals surface area contributed by atoms with Crippen LogP contribution >= 0.6 is 0 Å². The summed E-state index contributed by atoms with van der Waals surface area (Å²) in [4.78, 5) is 0. The van der Waals surface area contributed by atoms with Crippen molar-refractivity contribution in [3.05, 3.63) is 34.6 Å². The molecule has 0 amide bonds. The maximum absolute atomic E-state index is 13.4. The molecule has 0 bridgehead atoms. The lowest BCUT2D eigenvalue weighted by atomic mass is 9.90. The summed E-state index contributed by atoms with van der Waals surface area (Å²) < 4.78 is 13.4. The number of benzene rings is 1. The number of aryl methyl sites for hydroxylation is 2. The van der Waals surface area contributed by atoms with Crippen LogP contribution in [0.1, 0.15) is 56.3 Å². The van der Waals surface area contributed by atoms with Gasteiger partial charge in [-0.25, -0.2) is 4.39 Å². The summed E-state index contributed by atoms with van der Waals surface area (Å²) in [5, 5.41) is 3.60. The van der Waals surface area contributed by atoms with E-state index >= 15 is 0 Å². The van der Waals surface area contributed by atoms with Gasteiger partial charge in [-0.3, -0.25) is 0 Å². The zero-order valence-electron chi connectivity index (χ0n) is 12.3. The monoisotopic (exact) mass is 251 g/mol. The van der Waals surface area contributed by atoms with Crippen LogP contribution in [0, 0.1) is 25.6 Å². The van der Waals surface area contributed by atoms with Gasteiger partial charge in [-0.05, 0) is 68.0 Å². The molecule has 0 aliphatic carbocycles. The Labute approximate surface area is 111 Å². The van der Waals surface area contributed by atoms with Crippen molar-refractivity contribution in [3.8, 4) is 0 Å². The van der Waals surface area contributed by atoms with E-state index < -0.39 is 0 Å². The minimum atomic E-state index is -0.132. The maximum Gasteiger partial charge on any atom is 0.123 e. The second-order valence-electron chi connectivity index (χ2n) is 5.59. The average molecular weight is 251 g/mol. The molecule has 1 N–H and O–H groups in total. The van der Waals surface area contributed by atoms with Gasteiger partial charge in [-0.15, -0.1) is 0 Å². The minimum Gasteiger partial charge on any atom is -0.310 e. The number of rotatable bonds is 6. The summed E-state index contributed by atoms with van der Waals surface area (Å²) in [5.41, 5.74) is 3.39. The van der Waals surface area contributed by atoms with E-state index in [-0.39, 0.29) is 5.82 Å². The molecule has 2 heteroatoms. The Morgan fingerprint density at radius 3 is 2.17 bits per heavy atom. The predicted molar refractivity (Wildman–Crippen MR) is 76.4 cm³/mol. The van der Waals surface area contributed by atoms with E-state index in [9.17, 15) is 4.39 Å². The maximum atomic E-state index is 13.4. The van der Waals surface area contributed by atoms with Crippen molar-refractivity contribution in [2.75, 3.05) is 6.54 Å². The first kappa shape index (κ1) is 15.2. The average Bonchev–Trinajstić information content (AvgIpc) is 2.23. The van der Waals surface area contributed by atoms with E-state index in [1.807, 2.05) is 13.8 Å². The van der Waals surface area contributed by atoms with Gasteiger partial charge in [0.25, 0.3) is 0 Å². The molecule has 1 aromatic rings. The van der Waals surface area contributed by atoms with E-state index in [4.69, 9.17) is 0 Å². The molecular formula is C16H26FN. The Morgan fingerprint density at radius 1 is 1.17 bits per heavy atom. The zero-order valence-corrected chi connectivity index (χ0v) is 12.3. The van der Waals surface area contributed by atoms with E-state index in [0.717, 1.165) is 30.5 Å². The van der Waals surface area contributed by atoms with Crippen LogP contribution in [0.5, 0.6) is 0 Å². The van der Waals surface area contributed by atoms with E-state index in [2.05, 4.69) is 26.1 Å². The fourth-order valence-corrected chi connectivity index (χ4v) is 2.56. The predicted octanol–water partition coefficient (Wildman–Crippen LogP) is 4.53. The second kappa shape index (κ2) is 6.89. The number of hydrogen-bond acceptors (Lipinski definition) is 1. The van der Waals surface area contributed by atoms with Crippen LogP contribution in [0.15, 0.2) is 12.1 Å². The van der Waals surface area contributed by atoms with Crippen molar-refractivity contribution in [3.63, 3.8) is 0 Å². The van der Waals surface area contributed by atoms with Gasteiger partial charge in [0.2, 0.25) is 0 Å². The lowest BCUT2D eigenvalue weighted by Crippen LogP contribution is -2.25. The van der Waals surface area contributed by atoms with E-state index in [1.54, 1.807) is 12.1 Å². The van der Waals surface area contributed by atoms with Gasteiger partial charge >= 0.3 is 0 Å². The molecule has 0 aromatic heterocycles. The smallest absolute Gasteiger partial charge is 0.123 e. The highest BCUT2D eigenvalue weighted by Gasteiger charge is 2.17. The Balaban J connectivity index is 3.03. The number of nitrogens with one attached hydrogen (secondary N) is 1. The van der Waals surface area contributed by atoms with Crippen LogP contribution in [-0.4, -0.2) is 6.54 Å². The molecule has 1 rings (SSSR count). The van der Waals surface area contributed by atoms with Crippen molar-refractivity contribution in [2.24, 2.45) is 5.92 Å². The van der Waals surface area contributed by atoms with E-state index in [1.165, 1.54) is 5.56 Å². The zero-order chi connectivity index (χ0) is 13.7.